The molecule has 0 bridgehead atoms. The van der Waals surface area contributed by atoms with Crippen LogP contribution in [0.25, 0.3) is 0 Å². The summed E-state index contributed by atoms with van der Waals surface area (Å²) in [6, 6.07) is 0.790. The highest BCUT2D eigenvalue weighted by Gasteiger charge is 2.32. The number of benzene rings is 1. The molecule has 0 aliphatic heterocycles. The smallest absolute Gasteiger partial charge is 0.327 e. The van der Waals surface area contributed by atoms with E-state index in [1.165, 1.54) is 24.3 Å². The number of rotatable bonds is 14. The van der Waals surface area contributed by atoms with Gasteiger partial charge in [-0.3, -0.25) is 19.2 Å². The minimum absolute atomic E-state index is 0.00653. The van der Waals surface area contributed by atoms with Crippen LogP contribution >= 0.6 is 12.6 Å². The molecule has 0 fully saturated rings. The molecule has 0 heterocycles. The molecule has 0 aromatic heterocycles. The maximum atomic E-state index is 13.2. The van der Waals surface area contributed by atoms with Crippen molar-refractivity contribution < 1.29 is 39.3 Å². The number of nitrogens with two attached hydrogens (primary N) is 1. The van der Waals surface area contributed by atoms with Gasteiger partial charge in [-0.1, -0.05) is 32.4 Å². The first kappa shape index (κ1) is 29.7. The molecule has 5 unspecified atom stereocenters. The number of carboxylic acids is 2. The Kier molecular flexibility index (Phi) is 12.0. The van der Waals surface area contributed by atoms with Gasteiger partial charge in [0.05, 0.1) is 12.5 Å². The molecule has 13 heteroatoms. The quantitative estimate of drug-likeness (QED) is 0.147. The predicted octanol–water partition coefficient (Wildman–Crippen LogP) is -0.748. The van der Waals surface area contributed by atoms with E-state index in [9.17, 15) is 34.2 Å². The number of nitrogens with one attached hydrogen (secondary N) is 3. The monoisotopic (exact) mass is 512 g/mol. The SMILES string of the molecule is CCC(C)C(NC(=O)C(Cc1ccc(O)cc1)NC(=O)C(N)CC(=O)O)C(=O)NC(CS)C(=O)O. The van der Waals surface area contributed by atoms with Crippen LogP contribution in [0, 0.1) is 5.92 Å². The molecule has 0 saturated heterocycles. The molecule has 12 nitrogen and oxygen atoms in total. The molecule has 3 amide bonds. The summed E-state index contributed by atoms with van der Waals surface area (Å²) in [6.07, 6.45) is -0.242. The van der Waals surface area contributed by atoms with Crippen LogP contribution in [0.3, 0.4) is 0 Å². The van der Waals surface area contributed by atoms with Gasteiger partial charge in [-0.2, -0.15) is 12.6 Å². The summed E-state index contributed by atoms with van der Waals surface area (Å²) in [4.78, 5) is 60.6. The Morgan fingerprint density at radius 1 is 0.943 bits per heavy atom. The second-order valence-corrected chi connectivity index (χ2v) is 8.46. The lowest BCUT2D eigenvalue weighted by atomic mass is 9.96. The third kappa shape index (κ3) is 9.83. The molecule has 0 spiro atoms. The van der Waals surface area contributed by atoms with Gasteiger partial charge >= 0.3 is 11.9 Å². The highest BCUT2D eigenvalue weighted by atomic mass is 32.1. The van der Waals surface area contributed by atoms with Crippen LogP contribution in [0.1, 0.15) is 32.3 Å². The van der Waals surface area contributed by atoms with Crippen LogP contribution < -0.4 is 21.7 Å². The molecule has 35 heavy (non-hydrogen) atoms. The van der Waals surface area contributed by atoms with Crippen molar-refractivity contribution in [3.05, 3.63) is 29.8 Å². The van der Waals surface area contributed by atoms with Gasteiger partial charge in [-0.05, 0) is 23.6 Å². The summed E-state index contributed by atoms with van der Waals surface area (Å²) in [5.41, 5.74) is 6.17. The Morgan fingerprint density at radius 3 is 2.00 bits per heavy atom. The summed E-state index contributed by atoms with van der Waals surface area (Å²) < 4.78 is 0. The minimum atomic E-state index is -1.41. The molecule has 8 N–H and O–H groups in total. The van der Waals surface area contributed by atoms with Gasteiger partial charge < -0.3 is 37.0 Å². The zero-order valence-electron chi connectivity index (χ0n) is 19.4. The van der Waals surface area contributed by atoms with Gasteiger partial charge in [0, 0.05) is 12.2 Å². The Hall–Kier alpha value is -3.32. The van der Waals surface area contributed by atoms with Crippen LogP contribution in [0.2, 0.25) is 0 Å². The molecular weight excluding hydrogens is 480 g/mol. The second-order valence-electron chi connectivity index (χ2n) is 8.09. The molecule has 194 valence electrons. The number of carbonyl (C=O) groups excluding carboxylic acids is 3. The zero-order valence-corrected chi connectivity index (χ0v) is 20.3. The third-order valence-electron chi connectivity index (χ3n) is 5.33. The Labute approximate surface area is 208 Å². The van der Waals surface area contributed by atoms with E-state index < -0.39 is 66.2 Å². The average Bonchev–Trinajstić information content (AvgIpc) is 2.80. The zero-order chi connectivity index (χ0) is 26.7. The number of phenols is 1. The number of hydrogen-bond acceptors (Lipinski definition) is 8. The second kappa shape index (κ2) is 14.2. The fourth-order valence-corrected chi connectivity index (χ4v) is 3.29. The number of aliphatic carboxylic acids is 2. The van der Waals surface area contributed by atoms with Crippen molar-refractivity contribution in [2.24, 2.45) is 11.7 Å². The van der Waals surface area contributed by atoms with Crippen molar-refractivity contribution in [1.29, 1.82) is 0 Å². The highest BCUT2D eigenvalue weighted by Crippen LogP contribution is 2.13. The Bertz CT molecular complexity index is 911. The molecule has 1 aromatic rings. The van der Waals surface area contributed by atoms with E-state index in [0.29, 0.717) is 12.0 Å². The van der Waals surface area contributed by atoms with Crippen molar-refractivity contribution in [3.8, 4) is 5.75 Å². The van der Waals surface area contributed by atoms with Crippen molar-refractivity contribution in [1.82, 2.24) is 16.0 Å². The van der Waals surface area contributed by atoms with E-state index in [-0.39, 0.29) is 17.9 Å². The average molecular weight is 513 g/mol. The molecular formula is C22H32N4O8S. The molecule has 0 radical (unpaired) electrons. The first-order valence-corrected chi connectivity index (χ1v) is 11.5. The standard InChI is InChI=1S/C22H32N4O8S/c1-3-11(2)18(21(32)25-16(10-35)22(33)34)26-20(31)15(8-12-4-6-13(27)7-5-12)24-19(30)14(23)9-17(28)29/h4-7,11,14-16,18,27,35H,3,8-10,23H2,1-2H3,(H,24,30)(H,25,32)(H,26,31)(H,28,29)(H,33,34). The number of amides is 3. The number of carboxylic acid groups (broad SMARTS) is 2. The van der Waals surface area contributed by atoms with E-state index in [1.807, 2.05) is 0 Å². The summed E-state index contributed by atoms with van der Waals surface area (Å²) in [5.74, 6) is -5.51. The molecule has 0 aliphatic rings. The minimum Gasteiger partial charge on any atom is -0.508 e. The molecule has 1 aromatic carbocycles. The number of hydrogen-bond donors (Lipinski definition) is 8. The summed E-state index contributed by atoms with van der Waals surface area (Å²) >= 11 is 3.92. The molecule has 0 saturated carbocycles. The van der Waals surface area contributed by atoms with Crippen LogP contribution in [0.5, 0.6) is 5.75 Å². The fourth-order valence-electron chi connectivity index (χ4n) is 3.04. The van der Waals surface area contributed by atoms with E-state index >= 15 is 0 Å². The Morgan fingerprint density at radius 2 is 1.51 bits per heavy atom. The summed E-state index contributed by atoms with van der Waals surface area (Å²) in [6.45, 7) is 3.47. The number of aromatic hydroxyl groups is 1. The summed E-state index contributed by atoms with van der Waals surface area (Å²) in [5, 5.41) is 34.9. The van der Waals surface area contributed by atoms with Gasteiger partial charge in [0.1, 0.15) is 23.9 Å². The normalized spacial score (nSPS) is 15.1. The lowest BCUT2D eigenvalue weighted by molar-refractivity contribution is -0.142. The summed E-state index contributed by atoms with van der Waals surface area (Å²) in [7, 11) is 0. The van der Waals surface area contributed by atoms with Crippen molar-refractivity contribution in [2.75, 3.05) is 5.75 Å². The molecule has 5 atom stereocenters. The van der Waals surface area contributed by atoms with Crippen LogP contribution in [-0.2, 0) is 30.4 Å². The van der Waals surface area contributed by atoms with Crippen LogP contribution in [-0.4, -0.2) is 74.9 Å². The van der Waals surface area contributed by atoms with Gasteiger partial charge in [0.15, 0.2) is 0 Å². The van der Waals surface area contributed by atoms with E-state index in [4.69, 9.17) is 10.8 Å². The number of carbonyl (C=O) groups is 5. The van der Waals surface area contributed by atoms with Crippen molar-refractivity contribution in [3.63, 3.8) is 0 Å². The number of phenolic OH excluding ortho intramolecular Hbond substituents is 1. The topological polar surface area (TPSA) is 208 Å². The Balaban J connectivity index is 3.15. The lowest BCUT2D eigenvalue weighted by Gasteiger charge is -2.28. The molecule has 0 aliphatic carbocycles. The van der Waals surface area contributed by atoms with Gasteiger partial charge in [-0.25, -0.2) is 4.79 Å². The lowest BCUT2D eigenvalue weighted by Crippen LogP contribution is -2.59. The maximum Gasteiger partial charge on any atom is 0.327 e. The van der Waals surface area contributed by atoms with E-state index in [1.54, 1.807) is 13.8 Å². The van der Waals surface area contributed by atoms with Gasteiger partial charge in [0.25, 0.3) is 0 Å². The first-order chi connectivity index (χ1) is 16.4. The fraction of sp³-hybridized carbons (Fsp3) is 0.500. The first-order valence-electron chi connectivity index (χ1n) is 10.9. The van der Waals surface area contributed by atoms with Crippen LogP contribution in [0.15, 0.2) is 24.3 Å². The van der Waals surface area contributed by atoms with Crippen LogP contribution in [0.4, 0.5) is 0 Å². The maximum absolute atomic E-state index is 13.2. The van der Waals surface area contributed by atoms with E-state index in [0.717, 1.165) is 0 Å². The largest absolute Gasteiger partial charge is 0.508 e. The van der Waals surface area contributed by atoms with E-state index in [2.05, 4.69) is 28.6 Å². The third-order valence-corrected chi connectivity index (χ3v) is 5.70. The van der Waals surface area contributed by atoms with Gasteiger partial charge in [-0.15, -0.1) is 0 Å². The predicted molar refractivity (Wildman–Crippen MR) is 129 cm³/mol. The number of thiol groups is 1. The molecule has 1 rings (SSSR count). The van der Waals surface area contributed by atoms with Gasteiger partial charge in [0.2, 0.25) is 17.7 Å². The highest BCUT2D eigenvalue weighted by molar-refractivity contribution is 7.80. The van der Waals surface area contributed by atoms with Crippen molar-refractivity contribution >= 4 is 42.3 Å². The van der Waals surface area contributed by atoms with Crippen molar-refractivity contribution in [2.45, 2.75) is 57.3 Å².